The average Bonchev–Trinajstić information content (AvgIpc) is 3.43. The number of anilines is 1. The molecule has 0 radical (unpaired) electrons. The number of esters is 1. The molecule has 0 atom stereocenters. The maximum Gasteiger partial charge on any atom is 0.316 e. The number of nitrogens with zero attached hydrogens (tertiary/aromatic N) is 3. The summed E-state index contributed by atoms with van der Waals surface area (Å²) in [5.41, 5.74) is 9.34. The van der Waals surface area contributed by atoms with Crippen LogP contribution >= 0.6 is 11.8 Å². The van der Waals surface area contributed by atoms with Crippen LogP contribution in [0.2, 0.25) is 0 Å². The topological polar surface area (TPSA) is 83.0 Å². The Morgan fingerprint density at radius 3 is 2.88 bits per heavy atom. The molecule has 1 fully saturated rings. The molecule has 136 valence electrons. The van der Waals surface area contributed by atoms with Crippen LogP contribution < -0.4 is 5.73 Å². The zero-order valence-corrected chi connectivity index (χ0v) is 15.7. The molecule has 6 nitrogen and oxygen atoms in total. The average molecular weight is 370 g/mol. The highest BCUT2D eigenvalue weighted by molar-refractivity contribution is 7.99. The lowest BCUT2D eigenvalue weighted by molar-refractivity contribution is -0.137. The zero-order valence-electron chi connectivity index (χ0n) is 14.9. The lowest BCUT2D eigenvalue weighted by Gasteiger charge is -2.13. The summed E-state index contributed by atoms with van der Waals surface area (Å²) in [7, 11) is 1.36. The third-order valence-electron chi connectivity index (χ3n) is 4.13. The van der Waals surface area contributed by atoms with Crippen LogP contribution in [0.5, 0.6) is 0 Å². The van der Waals surface area contributed by atoms with E-state index < -0.39 is 0 Å². The number of benzene rings is 1. The first kappa shape index (κ1) is 18.3. The Balaban J connectivity index is 1.99. The molecule has 3 rings (SSSR count). The summed E-state index contributed by atoms with van der Waals surface area (Å²) in [6.45, 7) is 1.98. The fourth-order valence-electron chi connectivity index (χ4n) is 2.63. The molecule has 1 aliphatic carbocycles. The van der Waals surface area contributed by atoms with Gasteiger partial charge in [-0.1, -0.05) is 42.1 Å². The number of methoxy groups -OCH3 is 1. The summed E-state index contributed by atoms with van der Waals surface area (Å²) in [5.74, 6) is 0.778. The molecule has 0 aliphatic heterocycles. The normalized spacial score (nSPS) is 14.4. The number of thioether (sulfide) groups is 1. The smallest absolute Gasteiger partial charge is 0.316 e. The molecule has 1 saturated carbocycles. The van der Waals surface area contributed by atoms with Gasteiger partial charge in [0.25, 0.3) is 0 Å². The number of carbonyl (C=O) groups is 1. The van der Waals surface area contributed by atoms with Gasteiger partial charge in [0.05, 0.1) is 18.6 Å². The van der Waals surface area contributed by atoms with Crippen molar-refractivity contribution in [1.82, 2.24) is 14.8 Å². The van der Waals surface area contributed by atoms with Gasteiger partial charge in [0, 0.05) is 0 Å². The Morgan fingerprint density at radius 1 is 1.38 bits per heavy atom. The molecule has 0 saturated heterocycles. The summed E-state index contributed by atoms with van der Waals surface area (Å²) in [6.07, 6.45) is 10.5. The Bertz CT molecular complexity index is 853. The Hall–Kier alpha value is -2.54. The van der Waals surface area contributed by atoms with Crippen LogP contribution in [0.1, 0.15) is 36.8 Å². The van der Waals surface area contributed by atoms with Crippen molar-refractivity contribution in [2.75, 3.05) is 18.6 Å². The Morgan fingerprint density at radius 2 is 2.19 bits per heavy atom. The minimum atomic E-state index is -0.319. The maximum absolute atomic E-state index is 11.5. The van der Waals surface area contributed by atoms with E-state index in [1.165, 1.54) is 37.3 Å². The summed E-state index contributed by atoms with van der Waals surface area (Å²) in [6, 6.07) is 6.38. The van der Waals surface area contributed by atoms with E-state index in [2.05, 4.69) is 28.4 Å². The van der Waals surface area contributed by atoms with Gasteiger partial charge in [-0.15, -0.1) is 10.2 Å². The molecule has 2 aromatic rings. The first-order valence-electron chi connectivity index (χ1n) is 8.48. The number of nitrogen functional groups attached to an aromatic ring is 1. The molecular formula is C19H22N4O2S. The van der Waals surface area contributed by atoms with Gasteiger partial charge in [0.1, 0.15) is 0 Å². The molecule has 1 aromatic carbocycles. The zero-order chi connectivity index (χ0) is 18.5. The first-order chi connectivity index (χ1) is 12.6. The van der Waals surface area contributed by atoms with Crippen molar-refractivity contribution in [2.24, 2.45) is 0 Å². The van der Waals surface area contributed by atoms with Crippen molar-refractivity contribution in [3.05, 3.63) is 47.6 Å². The highest BCUT2D eigenvalue weighted by Gasteiger charge is 2.24. The SMILES string of the molecule is C/C=C\C=C/c1cc(C2CC2)ccc1-n1c(N)nnc1SCC(=O)OC. The van der Waals surface area contributed by atoms with E-state index in [-0.39, 0.29) is 17.7 Å². The Labute approximate surface area is 157 Å². The monoisotopic (exact) mass is 370 g/mol. The van der Waals surface area contributed by atoms with Crippen molar-refractivity contribution >= 4 is 29.8 Å². The van der Waals surface area contributed by atoms with Gasteiger partial charge in [-0.25, -0.2) is 0 Å². The second-order valence-corrected chi connectivity index (χ2v) is 6.96. The van der Waals surface area contributed by atoms with Crippen LogP contribution in [-0.4, -0.2) is 33.6 Å². The number of allylic oxidation sites excluding steroid dienone is 3. The molecule has 2 N–H and O–H groups in total. The lowest BCUT2D eigenvalue weighted by Crippen LogP contribution is -2.07. The quantitative estimate of drug-likeness (QED) is 0.456. The number of carbonyl (C=O) groups excluding carboxylic acids is 1. The van der Waals surface area contributed by atoms with Crippen LogP contribution in [-0.2, 0) is 9.53 Å². The van der Waals surface area contributed by atoms with Crippen LogP contribution in [0.15, 0.2) is 41.6 Å². The minimum absolute atomic E-state index is 0.151. The van der Waals surface area contributed by atoms with E-state index in [1.54, 1.807) is 4.57 Å². The van der Waals surface area contributed by atoms with Crippen molar-refractivity contribution in [3.63, 3.8) is 0 Å². The van der Waals surface area contributed by atoms with Crippen LogP contribution in [0.25, 0.3) is 11.8 Å². The maximum atomic E-state index is 11.5. The summed E-state index contributed by atoms with van der Waals surface area (Å²) in [5, 5.41) is 8.66. The minimum Gasteiger partial charge on any atom is -0.468 e. The Kier molecular flexibility index (Phi) is 5.78. The molecular weight excluding hydrogens is 348 g/mol. The molecule has 1 heterocycles. The second kappa shape index (κ2) is 8.23. The van der Waals surface area contributed by atoms with Crippen LogP contribution in [0.3, 0.4) is 0 Å². The predicted molar refractivity (Wildman–Crippen MR) is 104 cm³/mol. The van der Waals surface area contributed by atoms with E-state index in [4.69, 9.17) is 10.5 Å². The molecule has 7 heteroatoms. The van der Waals surface area contributed by atoms with E-state index in [0.29, 0.717) is 11.1 Å². The van der Waals surface area contributed by atoms with Crippen molar-refractivity contribution < 1.29 is 9.53 Å². The fourth-order valence-corrected chi connectivity index (χ4v) is 3.42. The number of ether oxygens (including phenoxy) is 1. The van der Waals surface area contributed by atoms with Crippen molar-refractivity contribution in [3.8, 4) is 5.69 Å². The van der Waals surface area contributed by atoms with Gasteiger partial charge in [-0.3, -0.25) is 9.36 Å². The van der Waals surface area contributed by atoms with E-state index in [0.717, 1.165) is 11.3 Å². The summed E-state index contributed by atoms with van der Waals surface area (Å²) < 4.78 is 6.47. The molecule has 1 aromatic heterocycles. The highest BCUT2D eigenvalue weighted by Crippen LogP contribution is 2.41. The molecule has 0 amide bonds. The van der Waals surface area contributed by atoms with Crippen LogP contribution in [0.4, 0.5) is 5.95 Å². The molecule has 1 aliphatic rings. The van der Waals surface area contributed by atoms with Crippen LogP contribution in [0, 0.1) is 0 Å². The van der Waals surface area contributed by atoms with E-state index in [1.807, 2.05) is 31.2 Å². The van der Waals surface area contributed by atoms with Gasteiger partial charge in [0.15, 0.2) is 5.16 Å². The van der Waals surface area contributed by atoms with Gasteiger partial charge < -0.3 is 10.5 Å². The third-order valence-corrected chi connectivity index (χ3v) is 5.03. The number of nitrogens with two attached hydrogens (primary N) is 1. The number of aromatic nitrogens is 3. The lowest BCUT2D eigenvalue weighted by atomic mass is 10.0. The molecule has 0 bridgehead atoms. The molecule has 0 unspecified atom stereocenters. The standard InChI is InChI=1S/C19H22N4O2S/c1-3-4-5-6-15-11-14(13-7-8-13)9-10-16(15)23-18(20)21-22-19(23)26-12-17(24)25-2/h3-6,9-11,13H,7-8,12H2,1-2H3,(H2,20,21)/b4-3-,6-5-. The van der Waals surface area contributed by atoms with Crippen molar-refractivity contribution in [1.29, 1.82) is 0 Å². The third kappa shape index (κ3) is 4.16. The highest BCUT2D eigenvalue weighted by atomic mass is 32.2. The number of hydrogen-bond acceptors (Lipinski definition) is 6. The van der Waals surface area contributed by atoms with Gasteiger partial charge in [0.2, 0.25) is 5.95 Å². The van der Waals surface area contributed by atoms with E-state index in [9.17, 15) is 4.79 Å². The summed E-state index contributed by atoms with van der Waals surface area (Å²) >= 11 is 1.25. The largest absolute Gasteiger partial charge is 0.468 e. The van der Waals surface area contributed by atoms with Gasteiger partial charge in [-0.05, 0) is 48.9 Å². The van der Waals surface area contributed by atoms with Gasteiger partial charge in [-0.2, -0.15) is 0 Å². The van der Waals surface area contributed by atoms with Gasteiger partial charge >= 0.3 is 5.97 Å². The number of rotatable bonds is 7. The van der Waals surface area contributed by atoms with Crippen molar-refractivity contribution in [2.45, 2.75) is 30.8 Å². The predicted octanol–water partition coefficient (Wildman–Crippen LogP) is 3.58. The fraction of sp³-hybridized carbons (Fsp3) is 0.316. The summed E-state index contributed by atoms with van der Waals surface area (Å²) in [4.78, 5) is 11.5. The second-order valence-electron chi connectivity index (χ2n) is 6.02. The first-order valence-corrected chi connectivity index (χ1v) is 9.46. The number of hydrogen-bond donors (Lipinski definition) is 1. The van der Waals surface area contributed by atoms with E-state index >= 15 is 0 Å². The molecule has 26 heavy (non-hydrogen) atoms. The molecule has 0 spiro atoms.